The lowest BCUT2D eigenvalue weighted by Crippen LogP contribution is -2.45. The molecule has 0 aliphatic carbocycles. The van der Waals surface area contributed by atoms with Crippen LogP contribution in [0.15, 0.2) is 0 Å². The van der Waals surface area contributed by atoms with Crippen LogP contribution in [0.5, 0.6) is 0 Å². The van der Waals surface area contributed by atoms with Gasteiger partial charge in [-0.3, -0.25) is 4.21 Å². The van der Waals surface area contributed by atoms with Crippen LogP contribution >= 0.6 is 0 Å². The smallest absolute Gasteiger partial charge is 0.0620 e. The predicted molar refractivity (Wildman–Crippen MR) is 72.8 cm³/mol. The number of morpholine rings is 1. The molecule has 4 atom stereocenters. The summed E-state index contributed by atoms with van der Waals surface area (Å²) >= 11 is 0. The van der Waals surface area contributed by atoms with E-state index < -0.39 is 10.8 Å². The molecule has 1 aliphatic rings. The second-order valence-corrected chi connectivity index (χ2v) is 6.72. The molecule has 1 rings (SSSR count). The summed E-state index contributed by atoms with van der Waals surface area (Å²) < 4.78 is 16.6. The van der Waals surface area contributed by atoms with E-state index in [0.717, 1.165) is 39.1 Å². The highest BCUT2D eigenvalue weighted by Crippen LogP contribution is 2.03. The Morgan fingerprint density at radius 3 is 2.88 bits per heavy atom. The van der Waals surface area contributed by atoms with Gasteiger partial charge in [0, 0.05) is 40.9 Å². The fourth-order valence-corrected chi connectivity index (χ4v) is 2.43. The molecule has 102 valence electrons. The third kappa shape index (κ3) is 6.50. The molecular formula is C12H26N2O2S. The summed E-state index contributed by atoms with van der Waals surface area (Å²) in [5.74, 6) is 0. The van der Waals surface area contributed by atoms with Gasteiger partial charge in [0.1, 0.15) is 0 Å². The highest BCUT2D eigenvalue weighted by atomic mass is 32.2. The van der Waals surface area contributed by atoms with Crippen molar-refractivity contribution in [2.24, 2.45) is 0 Å². The van der Waals surface area contributed by atoms with Crippen LogP contribution in [-0.4, -0.2) is 54.1 Å². The van der Waals surface area contributed by atoms with Gasteiger partial charge < -0.3 is 15.4 Å². The zero-order valence-electron chi connectivity index (χ0n) is 11.2. The molecule has 17 heavy (non-hydrogen) atoms. The van der Waals surface area contributed by atoms with Gasteiger partial charge in [-0.15, -0.1) is 0 Å². The van der Waals surface area contributed by atoms with Crippen molar-refractivity contribution >= 4 is 10.8 Å². The van der Waals surface area contributed by atoms with E-state index in [4.69, 9.17) is 4.74 Å². The molecule has 1 heterocycles. The summed E-state index contributed by atoms with van der Waals surface area (Å²) in [6.07, 6.45) is 3.84. The van der Waals surface area contributed by atoms with Crippen LogP contribution in [0, 0.1) is 0 Å². The lowest BCUT2D eigenvalue weighted by molar-refractivity contribution is 0.0712. The Balaban J connectivity index is 2.08. The average Bonchev–Trinajstić information content (AvgIpc) is 2.30. The van der Waals surface area contributed by atoms with Crippen molar-refractivity contribution in [3.8, 4) is 0 Å². The van der Waals surface area contributed by atoms with Gasteiger partial charge in [-0.1, -0.05) is 6.92 Å². The maximum absolute atomic E-state index is 11.2. The first-order chi connectivity index (χ1) is 8.09. The van der Waals surface area contributed by atoms with Gasteiger partial charge in [-0.05, 0) is 26.3 Å². The third-order valence-electron chi connectivity index (χ3n) is 3.25. The summed E-state index contributed by atoms with van der Waals surface area (Å²) in [5, 5.41) is 7.22. The Kier molecular flexibility index (Phi) is 7.27. The molecule has 1 saturated heterocycles. The van der Waals surface area contributed by atoms with Crippen molar-refractivity contribution in [1.29, 1.82) is 0 Å². The van der Waals surface area contributed by atoms with Crippen LogP contribution in [0.4, 0.5) is 0 Å². The van der Waals surface area contributed by atoms with Crippen LogP contribution in [0.3, 0.4) is 0 Å². The maximum atomic E-state index is 11.2. The van der Waals surface area contributed by atoms with E-state index >= 15 is 0 Å². The minimum Gasteiger partial charge on any atom is -0.379 e. The zero-order valence-corrected chi connectivity index (χ0v) is 12.0. The van der Waals surface area contributed by atoms with Crippen molar-refractivity contribution in [3.05, 3.63) is 0 Å². The first kappa shape index (κ1) is 15.1. The Morgan fingerprint density at radius 1 is 1.53 bits per heavy atom. The van der Waals surface area contributed by atoms with Crippen molar-refractivity contribution in [2.75, 3.05) is 32.6 Å². The first-order valence-corrected chi connectivity index (χ1v) is 8.08. The van der Waals surface area contributed by atoms with E-state index in [2.05, 4.69) is 17.6 Å². The van der Waals surface area contributed by atoms with Gasteiger partial charge in [0.05, 0.1) is 13.2 Å². The van der Waals surface area contributed by atoms with Gasteiger partial charge in [0.15, 0.2) is 0 Å². The molecule has 0 saturated carbocycles. The molecule has 0 amide bonds. The number of nitrogens with one attached hydrogen (secondary N) is 2. The molecule has 1 fully saturated rings. The van der Waals surface area contributed by atoms with Gasteiger partial charge in [0.25, 0.3) is 0 Å². The normalized spacial score (nSPS) is 26.4. The maximum Gasteiger partial charge on any atom is 0.0620 e. The molecule has 0 spiro atoms. The molecule has 0 bridgehead atoms. The summed E-state index contributed by atoms with van der Waals surface area (Å²) in [7, 11) is -0.704. The Morgan fingerprint density at radius 2 is 2.29 bits per heavy atom. The molecular weight excluding hydrogens is 236 g/mol. The second kappa shape index (κ2) is 8.19. The SMILES string of the molecule is CC(CC1COCCN1)NCCC(C)S(C)=O. The van der Waals surface area contributed by atoms with Crippen LogP contribution < -0.4 is 10.6 Å². The number of rotatable bonds is 7. The fraction of sp³-hybridized carbons (Fsp3) is 1.00. The van der Waals surface area contributed by atoms with Crippen molar-refractivity contribution < 1.29 is 8.95 Å². The lowest BCUT2D eigenvalue weighted by atomic mass is 10.1. The van der Waals surface area contributed by atoms with E-state index in [1.165, 1.54) is 0 Å². The van der Waals surface area contributed by atoms with Crippen LogP contribution in [-0.2, 0) is 15.5 Å². The highest BCUT2D eigenvalue weighted by Gasteiger charge is 2.16. The van der Waals surface area contributed by atoms with Crippen LogP contribution in [0.1, 0.15) is 26.7 Å². The Labute approximate surface area is 107 Å². The minimum absolute atomic E-state index is 0.283. The van der Waals surface area contributed by atoms with E-state index in [1.54, 1.807) is 6.26 Å². The Bertz CT molecular complexity index is 233. The van der Waals surface area contributed by atoms with E-state index in [0.29, 0.717) is 12.1 Å². The highest BCUT2D eigenvalue weighted by molar-refractivity contribution is 7.84. The van der Waals surface area contributed by atoms with E-state index in [-0.39, 0.29) is 5.25 Å². The number of hydrogen-bond donors (Lipinski definition) is 2. The van der Waals surface area contributed by atoms with E-state index in [9.17, 15) is 4.21 Å². The van der Waals surface area contributed by atoms with Crippen molar-refractivity contribution in [3.63, 3.8) is 0 Å². The second-order valence-electron chi connectivity index (χ2n) is 4.91. The summed E-state index contributed by atoms with van der Waals surface area (Å²) in [6.45, 7) is 7.79. The molecule has 4 nitrogen and oxygen atoms in total. The van der Waals surface area contributed by atoms with Crippen LogP contribution in [0.2, 0.25) is 0 Å². The van der Waals surface area contributed by atoms with Gasteiger partial charge in [0.2, 0.25) is 0 Å². The van der Waals surface area contributed by atoms with Gasteiger partial charge in [-0.2, -0.15) is 0 Å². The monoisotopic (exact) mass is 262 g/mol. The fourth-order valence-electron chi connectivity index (χ4n) is 1.98. The topological polar surface area (TPSA) is 50.4 Å². The molecule has 0 aromatic heterocycles. The minimum atomic E-state index is -0.704. The average molecular weight is 262 g/mol. The van der Waals surface area contributed by atoms with Crippen LogP contribution in [0.25, 0.3) is 0 Å². The molecule has 5 heteroatoms. The standard InChI is InChI=1S/C12H26N2O2S/c1-10(8-12-9-16-7-6-14-12)13-5-4-11(2)17(3)15/h10-14H,4-9H2,1-3H3. The lowest BCUT2D eigenvalue weighted by Gasteiger charge is -2.27. The third-order valence-corrected chi connectivity index (χ3v) is 4.62. The van der Waals surface area contributed by atoms with Crippen molar-refractivity contribution in [1.82, 2.24) is 10.6 Å². The molecule has 0 aromatic carbocycles. The zero-order chi connectivity index (χ0) is 12.7. The molecule has 1 aliphatic heterocycles. The summed E-state index contributed by atoms with van der Waals surface area (Å²) in [5.41, 5.74) is 0. The summed E-state index contributed by atoms with van der Waals surface area (Å²) in [4.78, 5) is 0. The number of ether oxygens (including phenoxy) is 1. The summed E-state index contributed by atoms with van der Waals surface area (Å²) in [6, 6.07) is 0.954. The predicted octanol–water partition coefficient (Wildman–Crippen LogP) is 0.500. The largest absolute Gasteiger partial charge is 0.379 e. The molecule has 0 radical (unpaired) electrons. The van der Waals surface area contributed by atoms with E-state index in [1.807, 2.05) is 6.92 Å². The van der Waals surface area contributed by atoms with Gasteiger partial charge in [-0.25, -0.2) is 0 Å². The Hall–Kier alpha value is 0.0300. The molecule has 0 aromatic rings. The quantitative estimate of drug-likeness (QED) is 0.701. The number of hydrogen-bond acceptors (Lipinski definition) is 4. The van der Waals surface area contributed by atoms with Crippen molar-refractivity contribution in [2.45, 2.75) is 44.0 Å². The first-order valence-electron chi connectivity index (χ1n) is 6.46. The molecule has 4 unspecified atom stereocenters. The van der Waals surface area contributed by atoms with Gasteiger partial charge >= 0.3 is 0 Å². The molecule has 2 N–H and O–H groups in total.